The van der Waals surface area contributed by atoms with E-state index in [2.05, 4.69) is 31.6 Å². The molecule has 0 radical (unpaired) electrons. The third-order valence-corrected chi connectivity index (χ3v) is 4.99. The summed E-state index contributed by atoms with van der Waals surface area (Å²) in [6, 6.07) is 13.9. The molecule has 0 bridgehead atoms. The van der Waals surface area contributed by atoms with Crippen molar-refractivity contribution in [2.45, 2.75) is 31.9 Å². The first-order valence-electron chi connectivity index (χ1n) is 9.69. The summed E-state index contributed by atoms with van der Waals surface area (Å²) in [5, 5.41) is 7.58. The standard InChI is InChI=1S/C21H28ClN5O/c1-16(28-19-8-6-17(22)7-9-19)15-25-21(23-2)26-18-10-13-27(14-11-18)20-5-3-4-12-24-20/h3-9,12,16,18H,10-11,13-15H2,1-2H3,(H2,23,25,26). The van der Waals surface area contributed by atoms with Crippen molar-refractivity contribution in [1.82, 2.24) is 15.6 Å². The molecule has 1 aromatic carbocycles. The molecule has 7 heteroatoms. The quantitative estimate of drug-likeness (QED) is 0.574. The van der Waals surface area contributed by atoms with Crippen molar-refractivity contribution in [3.05, 3.63) is 53.7 Å². The number of hydrogen-bond acceptors (Lipinski definition) is 4. The van der Waals surface area contributed by atoms with E-state index in [1.807, 2.05) is 49.5 Å². The van der Waals surface area contributed by atoms with Crippen molar-refractivity contribution in [1.29, 1.82) is 0 Å². The number of nitrogens with zero attached hydrogens (tertiary/aromatic N) is 3. The summed E-state index contributed by atoms with van der Waals surface area (Å²) in [5.41, 5.74) is 0. The second-order valence-electron chi connectivity index (χ2n) is 6.93. The minimum atomic E-state index is 0.00530. The Morgan fingerprint density at radius 2 is 2.00 bits per heavy atom. The molecular formula is C21H28ClN5O. The van der Waals surface area contributed by atoms with Gasteiger partial charge in [-0.1, -0.05) is 17.7 Å². The van der Waals surface area contributed by atoms with Crippen LogP contribution in [0.2, 0.25) is 5.02 Å². The molecule has 1 aliphatic rings. The lowest BCUT2D eigenvalue weighted by Crippen LogP contribution is -2.50. The lowest BCUT2D eigenvalue weighted by atomic mass is 10.1. The molecule has 1 saturated heterocycles. The van der Waals surface area contributed by atoms with Crippen LogP contribution in [0.1, 0.15) is 19.8 Å². The summed E-state index contributed by atoms with van der Waals surface area (Å²) >= 11 is 5.91. The number of guanidine groups is 1. The number of ether oxygens (including phenoxy) is 1. The van der Waals surface area contributed by atoms with E-state index in [0.717, 1.165) is 43.5 Å². The molecular weight excluding hydrogens is 374 g/mol. The number of piperidine rings is 1. The first-order valence-corrected chi connectivity index (χ1v) is 10.1. The van der Waals surface area contributed by atoms with E-state index < -0.39 is 0 Å². The number of aromatic nitrogens is 1. The van der Waals surface area contributed by atoms with Gasteiger partial charge in [0.25, 0.3) is 0 Å². The lowest BCUT2D eigenvalue weighted by Gasteiger charge is -2.33. The van der Waals surface area contributed by atoms with Gasteiger partial charge in [0.1, 0.15) is 17.7 Å². The van der Waals surface area contributed by atoms with E-state index in [1.165, 1.54) is 0 Å². The van der Waals surface area contributed by atoms with Crippen LogP contribution in [-0.4, -0.2) is 49.8 Å². The molecule has 28 heavy (non-hydrogen) atoms. The average Bonchev–Trinajstić information content (AvgIpc) is 2.74. The Morgan fingerprint density at radius 3 is 2.64 bits per heavy atom. The topological polar surface area (TPSA) is 61.8 Å². The predicted molar refractivity (Wildman–Crippen MR) is 116 cm³/mol. The van der Waals surface area contributed by atoms with Crippen LogP contribution >= 0.6 is 11.6 Å². The van der Waals surface area contributed by atoms with Gasteiger partial charge in [-0.15, -0.1) is 0 Å². The third-order valence-electron chi connectivity index (χ3n) is 4.74. The Bertz CT molecular complexity index is 745. The first kappa shape index (κ1) is 20.3. The minimum Gasteiger partial charge on any atom is -0.489 e. The number of aliphatic imine (C=N–C) groups is 1. The molecule has 0 spiro atoms. The zero-order valence-corrected chi connectivity index (χ0v) is 17.2. The van der Waals surface area contributed by atoms with Crippen LogP contribution in [-0.2, 0) is 0 Å². The van der Waals surface area contributed by atoms with Gasteiger partial charge in [0.2, 0.25) is 0 Å². The molecule has 2 aromatic rings. The number of hydrogen-bond donors (Lipinski definition) is 2. The number of rotatable bonds is 6. The SMILES string of the molecule is CN=C(NCC(C)Oc1ccc(Cl)cc1)NC1CCN(c2ccccn2)CC1. The highest BCUT2D eigenvalue weighted by molar-refractivity contribution is 6.30. The normalized spacial score (nSPS) is 16.5. The zero-order chi connectivity index (χ0) is 19.8. The second-order valence-corrected chi connectivity index (χ2v) is 7.37. The van der Waals surface area contributed by atoms with Crippen molar-refractivity contribution in [2.24, 2.45) is 4.99 Å². The summed E-state index contributed by atoms with van der Waals surface area (Å²) < 4.78 is 5.90. The van der Waals surface area contributed by atoms with Crippen molar-refractivity contribution >= 4 is 23.4 Å². The van der Waals surface area contributed by atoms with Gasteiger partial charge in [0.05, 0.1) is 6.54 Å². The van der Waals surface area contributed by atoms with Crippen LogP contribution in [0.15, 0.2) is 53.7 Å². The fourth-order valence-electron chi connectivity index (χ4n) is 3.21. The Morgan fingerprint density at radius 1 is 1.25 bits per heavy atom. The van der Waals surface area contributed by atoms with E-state index in [9.17, 15) is 0 Å². The molecule has 150 valence electrons. The summed E-state index contributed by atoms with van der Waals surface area (Å²) in [7, 11) is 1.79. The molecule has 1 unspecified atom stereocenters. The Hall–Kier alpha value is -2.47. The fraction of sp³-hybridized carbons (Fsp3) is 0.429. The molecule has 3 rings (SSSR count). The highest BCUT2D eigenvalue weighted by Crippen LogP contribution is 2.18. The monoisotopic (exact) mass is 401 g/mol. The van der Waals surface area contributed by atoms with Gasteiger partial charge in [-0.05, 0) is 56.2 Å². The van der Waals surface area contributed by atoms with Gasteiger partial charge in [-0.3, -0.25) is 4.99 Å². The number of pyridine rings is 1. The molecule has 0 saturated carbocycles. The van der Waals surface area contributed by atoms with Gasteiger partial charge >= 0.3 is 0 Å². The minimum absolute atomic E-state index is 0.00530. The maximum absolute atomic E-state index is 5.91. The highest BCUT2D eigenvalue weighted by Gasteiger charge is 2.20. The molecule has 2 heterocycles. The number of halogens is 1. The average molecular weight is 402 g/mol. The maximum atomic E-state index is 5.91. The molecule has 1 atom stereocenters. The largest absolute Gasteiger partial charge is 0.489 e. The van der Waals surface area contributed by atoms with Crippen LogP contribution in [0.4, 0.5) is 5.82 Å². The van der Waals surface area contributed by atoms with E-state index in [0.29, 0.717) is 17.6 Å². The van der Waals surface area contributed by atoms with E-state index in [-0.39, 0.29) is 6.10 Å². The van der Waals surface area contributed by atoms with Crippen molar-refractivity contribution in [3.63, 3.8) is 0 Å². The van der Waals surface area contributed by atoms with Gasteiger partial charge in [0.15, 0.2) is 5.96 Å². The van der Waals surface area contributed by atoms with Crippen molar-refractivity contribution in [3.8, 4) is 5.75 Å². The Balaban J connectivity index is 1.40. The number of benzene rings is 1. The number of nitrogens with one attached hydrogen (secondary N) is 2. The Kier molecular flexibility index (Phi) is 7.37. The van der Waals surface area contributed by atoms with Crippen LogP contribution in [0, 0.1) is 0 Å². The fourth-order valence-corrected chi connectivity index (χ4v) is 3.34. The van der Waals surface area contributed by atoms with Crippen LogP contribution in [0.5, 0.6) is 5.75 Å². The zero-order valence-electron chi connectivity index (χ0n) is 16.4. The molecule has 1 fully saturated rings. The van der Waals surface area contributed by atoms with E-state index >= 15 is 0 Å². The number of anilines is 1. The summed E-state index contributed by atoms with van der Waals surface area (Å²) in [5.74, 6) is 2.67. The smallest absolute Gasteiger partial charge is 0.191 e. The molecule has 2 N–H and O–H groups in total. The lowest BCUT2D eigenvalue weighted by molar-refractivity contribution is 0.223. The summed E-state index contributed by atoms with van der Waals surface area (Å²) in [4.78, 5) is 11.1. The predicted octanol–water partition coefficient (Wildman–Crippen LogP) is 3.34. The van der Waals surface area contributed by atoms with Gasteiger partial charge in [-0.2, -0.15) is 0 Å². The Labute approximate surface area is 172 Å². The molecule has 1 aliphatic heterocycles. The van der Waals surface area contributed by atoms with Crippen molar-refractivity contribution in [2.75, 3.05) is 31.6 Å². The second kappa shape index (κ2) is 10.2. The highest BCUT2D eigenvalue weighted by atomic mass is 35.5. The van der Waals surface area contributed by atoms with E-state index in [4.69, 9.17) is 16.3 Å². The van der Waals surface area contributed by atoms with Gasteiger partial charge in [0, 0.05) is 37.4 Å². The van der Waals surface area contributed by atoms with Crippen LogP contribution < -0.4 is 20.3 Å². The van der Waals surface area contributed by atoms with Gasteiger partial charge in [-0.25, -0.2) is 4.98 Å². The summed E-state index contributed by atoms with van der Waals surface area (Å²) in [6.07, 6.45) is 3.95. The maximum Gasteiger partial charge on any atom is 0.191 e. The van der Waals surface area contributed by atoms with E-state index in [1.54, 1.807) is 7.05 Å². The molecule has 0 aliphatic carbocycles. The first-order chi connectivity index (χ1) is 13.6. The van der Waals surface area contributed by atoms with Gasteiger partial charge < -0.3 is 20.3 Å². The van der Waals surface area contributed by atoms with Crippen LogP contribution in [0.25, 0.3) is 0 Å². The summed E-state index contributed by atoms with van der Waals surface area (Å²) in [6.45, 7) is 4.67. The van der Waals surface area contributed by atoms with Crippen molar-refractivity contribution < 1.29 is 4.74 Å². The van der Waals surface area contributed by atoms with Crippen LogP contribution in [0.3, 0.4) is 0 Å². The molecule has 1 aromatic heterocycles. The molecule has 6 nitrogen and oxygen atoms in total. The third kappa shape index (κ3) is 6.02. The molecule has 0 amide bonds.